The molecule has 0 bridgehead atoms. The first-order valence-electron chi connectivity index (χ1n) is 10.5. The van der Waals surface area contributed by atoms with Gasteiger partial charge in [-0.1, -0.05) is 35.3 Å². The van der Waals surface area contributed by atoms with E-state index in [9.17, 15) is 4.79 Å². The van der Waals surface area contributed by atoms with Crippen LogP contribution in [0.2, 0.25) is 0 Å². The normalized spacial score (nSPS) is 11.6. The highest BCUT2D eigenvalue weighted by atomic mass is 79.9. The number of hydrogen-bond donors (Lipinski definition) is 0. The molecular weight excluding hydrogens is 452 g/mol. The summed E-state index contributed by atoms with van der Waals surface area (Å²) in [6.45, 7) is 6.33. The molecule has 2 aromatic carbocycles. The summed E-state index contributed by atoms with van der Waals surface area (Å²) in [6, 6.07) is 15.9. The van der Waals surface area contributed by atoms with Crippen LogP contribution < -0.4 is 5.56 Å². The van der Waals surface area contributed by atoms with Crippen molar-refractivity contribution in [2.24, 2.45) is 5.10 Å². The number of rotatable bonds is 6. The molecular formula is C25H25BrN4O. The fraction of sp³-hybridized carbons (Fsp3) is 0.240. The van der Waals surface area contributed by atoms with Crippen LogP contribution in [0.15, 0.2) is 69.1 Å². The van der Waals surface area contributed by atoms with E-state index in [1.807, 2.05) is 30.5 Å². The lowest BCUT2D eigenvalue weighted by atomic mass is 10.1. The Morgan fingerprint density at radius 1 is 1.10 bits per heavy atom. The van der Waals surface area contributed by atoms with Crippen LogP contribution >= 0.6 is 15.9 Å². The third kappa shape index (κ3) is 4.39. The van der Waals surface area contributed by atoms with Crippen molar-refractivity contribution >= 4 is 33.0 Å². The largest absolute Gasteiger partial charge is 0.316 e. The van der Waals surface area contributed by atoms with Crippen molar-refractivity contribution in [1.29, 1.82) is 0 Å². The Morgan fingerprint density at radius 2 is 1.94 bits per heavy atom. The molecule has 5 nitrogen and oxygen atoms in total. The summed E-state index contributed by atoms with van der Waals surface area (Å²) in [4.78, 5) is 18.0. The molecule has 0 aliphatic heterocycles. The number of unbranched alkanes of at least 4 members (excludes halogenated alkanes) is 1. The maximum Gasteiger partial charge on any atom is 0.282 e. The number of nitrogens with zero attached hydrogens (tertiary/aromatic N) is 4. The zero-order valence-electron chi connectivity index (χ0n) is 18.0. The maximum atomic E-state index is 13.2. The van der Waals surface area contributed by atoms with Gasteiger partial charge in [0.25, 0.3) is 5.56 Å². The van der Waals surface area contributed by atoms with Crippen LogP contribution in [0.5, 0.6) is 0 Å². The van der Waals surface area contributed by atoms with E-state index < -0.39 is 0 Å². The fourth-order valence-corrected chi connectivity index (χ4v) is 3.90. The van der Waals surface area contributed by atoms with Crippen molar-refractivity contribution in [3.63, 3.8) is 0 Å². The third-order valence-electron chi connectivity index (χ3n) is 5.48. The van der Waals surface area contributed by atoms with E-state index >= 15 is 0 Å². The monoisotopic (exact) mass is 476 g/mol. The standard InChI is InChI=1S/C25H25BrN4O/c1-4-5-8-24-28-23-12-10-19(26)15-22(23)25(31)30(24)27-16-21-7-6-13-29(21)20-11-9-17(2)18(3)14-20/h6-7,9-16H,4-5,8H2,1-3H3. The molecule has 158 valence electrons. The molecule has 0 amide bonds. The number of aryl methyl sites for hydroxylation is 3. The molecule has 0 fully saturated rings. The number of aromatic nitrogens is 3. The molecule has 0 aliphatic carbocycles. The minimum Gasteiger partial charge on any atom is -0.316 e. The van der Waals surface area contributed by atoms with Gasteiger partial charge in [-0.15, -0.1) is 0 Å². The predicted octanol–water partition coefficient (Wildman–Crippen LogP) is 5.79. The molecule has 0 saturated carbocycles. The van der Waals surface area contributed by atoms with Gasteiger partial charge in [-0.2, -0.15) is 9.78 Å². The molecule has 0 N–H and O–H groups in total. The van der Waals surface area contributed by atoms with Crippen molar-refractivity contribution in [3.8, 4) is 5.69 Å². The zero-order chi connectivity index (χ0) is 22.0. The summed E-state index contributed by atoms with van der Waals surface area (Å²) < 4.78 is 4.36. The molecule has 0 spiro atoms. The fourth-order valence-electron chi connectivity index (χ4n) is 3.54. The molecule has 2 aromatic heterocycles. The first-order valence-corrected chi connectivity index (χ1v) is 11.3. The van der Waals surface area contributed by atoms with Gasteiger partial charge < -0.3 is 4.57 Å². The van der Waals surface area contributed by atoms with Gasteiger partial charge >= 0.3 is 0 Å². The number of halogens is 1. The van der Waals surface area contributed by atoms with Crippen molar-refractivity contribution in [3.05, 3.63) is 92.2 Å². The van der Waals surface area contributed by atoms with E-state index in [0.29, 0.717) is 23.1 Å². The van der Waals surface area contributed by atoms with E-state index in [1.165, 1.54) is 15.8 Å². The summed E-state index contributed by atoms with van der Waals surface area (Å²) in [6.07, 6.45) is 6.41. The highest BCUT2D eigenvalue weighted by Crippen LogP contribution is 2.18. The average molecular weight is 477 g/mol. The summed E-state index contributed by atoms with van der Waals surface area (Å²) in [5, 5.41) is 5.14. The van der Waals surface area contributed by atoms with Gasteiger partial charge in [0.05, 0.1) is 22.8 Å². The van der Waals surface area contributed by atoms with Crippen molar-refractivity contribution < 1.29 is 0 Å². The second kappa shape index (κ2) is 9.02. The zero-order valence-corrected chi connectivity index (χ0v) is 19.6. The number of fused-ring (bicyclic) bond motifs is 1. The molecule has 31 heavy (non-hydrogen) atoms. The quantitative estimate of drug-likeness (QED) is 0.330. The lowest BCUT2D eigenvalue weighted by Crippen LogP contribution is -2.22. The second-order valence-electron chi connectivity index (χ2n) is 7.73. The van der Waals surface area contributed by atoms with Gasteiger partial charge in [-0.3, -0.25) is 4.79 Å². The first kappa shape index (κ1) is 21.2. The van der Waals surface area contributed by atoms with Crippen molar-refractivity contribution in [2.45, 2.75) is 40.0 Å². The number of hydrogen-bond acceptors (Lipinski definition) is 3. The molecule has 2 heterocycles. The average Bonchev–Trinajstić information content (AvgIpc) is 3.23. The lowest BCUT2D eigenvalue weighted by Gasteiger charge is -2.11. The SMILES string of the molecule is CCCCc1nc2ccc(Br)cc2c(=O)n1N=Cc1cccn1-c1ccc(C)c(C)c1. The Morgan fingerprint density at radius 3 is 2.71 bits per heavy atom. The molecule has 4 rings (SSSR count). The van der Waals surface area contributed by atoms with E-state index in [-0.39, 0.29) is 5.56 Å². The predicted molar refractivity (Wildman–Crippen MR) is 131 cm³/mol. The van der Waals surface area contributed by atoms with Gasteiger partial charge in [0.1, 0.15) is 5.82 Å². The Bertz CT molecular complexity index is 1330. The Labute approximate surface area is 190 Å². The molecule has 0 aliphatic rings. The highest BCUT2D eigenvalue weighted by molar-refractivity contribution is 9.10. The van der Waals surface area contributed by atoms with E-state index in [4.69, 9.17) is 4.98 Å². The Balaban J connectivity index is 1.79. The minimum absolute atomic E-state index is 0.155. The maximum absolute atomic E-state index is 13.2. The first-order chi connectivity index (χ1) is 15.0. The van der Waals surface area contributed by atoms with E-state index in [0.717, 1.165) is 28.7 Å². The topological polar surface area (TPSA) is 52.2 Å². The van der Waals surface area contributed by atoms with Gasteiger partial charge in [0.2, 0.25) is 0 Å². The van der Waals surface area contributed by atoms with Crippen LogP contribution in [-0.2, 0) is 6.42 Å². The van der Waals surface area contributed by atoms with Crippen LogP contribution in [0, 0.1) is 13.8 Å². The molecule has 0 saturated heterocycles. The molecule has 4 aromatic rings. The van der Waals surface area contributed by atoms with Crippen LogP contribution in [0.4, 0.5) is 0 Å². The second-order valence-corrected chi connectivity index (χ2v) is 8.64. The van der Waals surface area contributed by atoms with Gasteiger partial charge in [0.15, 0.2) is 0 Å². The lowest BCUT2D eigenvalue weighted by molar-refractivity contribution is 0.674. The van der Waals surface area contributed by atoms with Crippen molar-refractivity contribution in [1.82, 2.24) is 14.2 Å². The van der Waals surface area contributed by atoms with Crippen LogP contribution in [0.3, 0.4) is 0 Å². The van der Waals surface area contributed by atoms with E-state index in [2.05, 4.69) is 64.6 Å². The summed E-state index contributed by atoms with van der Waals surface area (Å²) in [7, 11) is 0. The Hall–Kier alpha value is -2.99. The number of benzene rings is 2. The molecule has 0 atom stereocenters. The van der Waals surface area contributed by atoms with E-state index in [1.54, 1.807) is 12.3 Å². The van der Waals surface area contributed by atoms with Crippen molar-refractivity contribution in [2.75, 3.05) is 0 Å². The van der Waals surface area contributed by atoms with Crippen LogP contribution in [0.25, 0.3) is 16.6 Å². The van der Waals surface area contributed by atoms with Gasteiger partial charge in [-0.25, -0.2) is 4.98 Å². The van der Waals surface area contributed by atoms with Crippen LogP contribution in [0.1, 0.15) is 42.4 Å². The van der Waals surface area contributed by atoms with Gasteiger partial charge in [-0.05, 0) is 73.9 Å². The smallest absolute Gasteiger partial charge is 0.282 e. The van der Waals surface area contributed by atoms with Crippen LogP contribution in [-0.4, -0.2) is 20.4 Å². The Kier molecular flexibility index (Phi) is 6.18. The summed E-state index contributed by atoms with van der Waals surface area (Å²) >= 11 is 3.45. The highest BCUT2D eigenvalue weighted by Gasteiger charge is 2.11. The minimum atomic E-state index is -0.155. The summed E-state index contributed by atoms with van der Waals surface area (Å²) in [5.41, 5.74) is 4.99. The van der Waals surface area contributed by atoms with Gasteiger partial charge in [0, 0.05) is 22.8 Å². The summed E-state index contributed by atoms with van der Waals surface area (Å²) in [5.74, 6) is 0.683. The molecule has 6 heteroatoms. The third-order valence-corrected chi connectivity index (χ3v) is 5.98. The molecule has 0 unspecified atom stereocenters. The molecule has 0 radical (unpaired) electrons.